The molecule has 2 nitrogen and oxygen atoms in total. The largest absolute Gasteiger partial charge is 0.495 e. The van der Waals surface area contributed by atoms with Gasteiger partial charge in [-0.1, -0.05) is 0 Å². The van der Waals surface area contributed by atoms with Gasteiger partial charge in [0.05, 0.1) is 11.6 Å². The summed E-state index contributed by atoms with van der Waals surface area (Å²) in [5.41, 5.74) is 5.32. The highest BCUT2D eigenvalue weighted by molar-refractivity contribution is 9.10. The zero-order valence-electron chi connectivity index (χ0n) is 9.40. The number of methoxy groups -OCH3 is 1. The molecule has 0 spiro atoms. The Bertz CT molecular complexity index is 402. The molecule has 0 heterocycles. The van der Waals surface area contributed by atoms with Crippen LogP contribution in [0.1, 0.15) is 19.4 Å². The van der Waals surface area contributed by atoms with Crippen LogP contribution < -0.4 is 10.5 Å². The van der Waals surface area contributed by atoms with Gasteiger partial charge in [0.1, 0.15) is 5.75 Å². The average Bonchev–Trinajstić information content (AvgIpc) is 2.12. The van der Waals surface area contributed by atoms with Crippen molar-refractivity contribution in [1.29, 1.82) is 0 Å². The van der Waals surface area contributed by atoms with Crippen molar-refractivity contribution in [3.8, 4) is 5.75 Å². The van der Waals surface area contributed by atoms with Crippen molar-refractivity contribution in [3.63, 3.8) is 0 Å². The van der Waals surface area contributed by atoms with Crippen molar-refractivity contribution in [2.75, 3.05) is 7.11 Å². The van der Waals surface area contributed by atoms with Crippen LogP contribution >= 0.6 is 15.9 Å². The number of halogens is 3. The maximum absolute atomic E-state index is 13.6. The zero-order chi connectivity index (χ0) is 12.5. The van der Waals surface area contributed by atoms with E-state index in [1.165, 1.54) is 7.11 Å². The Morgan fingerprint density at radius 1 is 1.44 bits per heavy atom. The van der Waals surface area contributed by atoms with Gasteiger partial charge in [-0.05, 0) is 42.3 Å². The molecule has 0 aliphatic carbocycles. The van der Waals surface area contributed by atoms with Gasteiger partial charge < -0.3 is 10.5 Å². The summed E-state index contributed by atoms with van der Waals surface area (Å²) in [5.74, 6) is -1.53. The molecule has 2 N–H and O–H groups in total. The number of rotatable bonds is 3. The molecule has 0 aliphatic heterocycles. The zero-order valence-corrected chi connectivity index (χ0v) is 11.0. The van der Waals surface area contributed by atoms with Crippen LogP contribution in [0.4, 0.5) is 8.78 Å². The molecule has 0 radical (unpaired) electrons. The second-order valence-corrected chi connectivity index (χ2v) is 5.19. The fourth-order valence-electron chi connectivity index (χ4n) is 1.46. The Kier molecular flexibility index (Phi) is 3.91. The molecule has 0 unspecified atom stereocenters. The minimum atomic E-state index is -0.910. The van der Waals surface area contributed by atoms with E-state index in [4.69, 9.17) is 10.5 Å². The van der Waals surface area contributed by atoms with Crippen LogP contribution in [0.5, 0.6) is 5.75 Å². The van der Waals surface area contributed by atoms with Gasteiger partial charge >= 0.3 is 0 Å². The highest BCUT2D eigenvalue weighted by atomic mass is 79.9. The van der Waals surface area contributed by atoms with Crippen LogP contribution in [0.3, 0.4) is 0 Å². The quantitative estimate of drug-likeness (QED) is 0.870. The molecule has 0 aromatic heterocycles. The summed E-state index contributed by atoms with van der Waals surface area (Å²) in [4.78, 5) is 0. The van der Waals surface area contributed by atoms with Crippen LogP contribution in [-0.2, 0) is 6.42 Å². The maximum Gasteiger partial charge on any atom is 0.165 e. The lowest BCUT2D eigenvalue weighted by Gasteiger charge is -2.21. The Hall–Kier alpha value is -0.680. The van der Waals surface area contributed by atoms with Gasteiger partial charge in [0, 0.05) is 11.1 Å². The van der Waals surface area contributed by atoms with E-state index in [-0.39, 0.29) is 17.7 Å². The van der Waals surface area contributed by atoms with Crippen molar-refractivity contribution in [1.82, 2.24) is 0 Å². The SMILES string of the molecule is COc1c(Br)cc(F)c(F)c1CC(C)(C)N. The van der Waals surface area contributed by atoms with E-state index in [0.29, 0.717) is 4.47 Å². The van der Waals surface area contributed by atoms with Crippen LogP contribution in [0.2, 0.25) is 0 Å². The summed E-state index contributed by atoms with van der Waals surface area (Å²) in [5, 5.41) is 0. The van der Waals surface area contributed by atoms with Crippen molar-refractivity contribution >= 4 is 15.9 Å². The minimum absolute atomic E-state index is 0.155. The summed E-state index contributed by atoms with van der Waals surface area (Å²) in [7, 11) is 1.41. The van der Waals surface area contributed by atoms with Crippen molar-refractivity contribution in [2.24, 2.45) is 5.73 Å². The standard InChI is InChI=1S/C11H14BrF2NO/c1-11(2,15)5-6-9(14)8(13)4-7(12)10(6)16-3/h4H,5,15H2,1-3H3. The van der Waals surface area contributed by atoms with E-state index in [1.807, 2.05) is 0 Å². The van der Waals surface area contributed by atoms with Gasteiger partial charge in [0.25, 0.3) is 0 Å². The van der Waals surface area contributed by atoms with Gasteiger partial charge in [0.15, 0.2) is 11.6 Å². The lowest BCUT2D eigenvalue weighted by molar-refractivity contribution is 0.384. The van der Waals surface area contributed by atoms with Gasteiger partial charge in [-0.3, -0.25) is 0 Å². The molecule has 0 fully saturated rings. The first kappa shape index (κ1) is 13.4. The normalized spacial score (nSPS) is 11.7. The third kappa shape index (κ3) is 2.92. The molecule has 1 aromatic rings. The second kappa shape index (κ2) is 4.67. The number of nitrogens with two attached hydrogens (primary N) is 1. The van der Waals surface area contributed by atoms with E-state index in [2.05, 4.69) is 15.9 Å². The molecule has 0 amide bonds. The predicted octanol–water partition coefficient (Wildman–Crippen LogP) is 3.02. The van der Waals surface area contributed by atoms with Crippen molar-refractivity contribution in [2.45, 2.75) is 25.8 Å². The molecule has 0 bridgehead atoms. The van der Waals surface area contributed by atoms with E-state index < -0.39 is 17.2 Å². The highest BCUT2D eigenvalue weighted by Crippen LogP contribution is 2.34. The van der Waals surface area contributed by atoms with Crippen molar-refractivity contribution in [3.05, 3.63) is 27.7 Å². The minimum Gasteiger partial charge on any atom is -0.495 e. The molecule has 0 saturated heterocycles. The Morgan fingerprint density at radius 3 is 2.44 bits per heavy atom. The summed E-state index contributed by atoms with van der Waals surface area (Å²) in [6, 6.07) is 1.04. The lowest BCUT2D eigenvalue weighted by Crippen LogP contribution is -2.35. The molecule has 0 atom stereocenters. The summed E-state index contributed by atoms with van der Waals surface area (Å²) in [6.45, 7) is 3.48. The third-order valence-corrected chi connectivity index (χ3v) is 2.64. The lowest BCUT2D eigenvalue weighted by atomic mass is 9.95. The van der Waals surface area contributed by atoms with Crippen LogP contribution in [-0.4, -0.2) is 12.6 Å². The van der Waals surface area contributed by atoms with E-state index in [0.717, 1.165) is 6.07 Å². The Labute approximate surface area is 102 Å². The Balaban J connectivity index is 3.33. The van der Waals surface area contributed by atoms with Gasteiger partial charge in [-0.25, -0.2) is 8.78 Å². The van der Waals surface area contributed by atoms with E-state index >= 15 is 0 Å². The fraction of sp³-hybridized carbons (Fsp3) is 0.455. The first-order valence-corrected chi connectivity index (χ1v) is 5.55. The summed E-state index contributed by atoms with van der Waals surface area (Å²) >= 11 is 3.13. The summed E-state index contributed by atoms with van der Waals surface area (Å²) in [6.07, 6.45) is 0.193. The van der Waals surface area contributed by atoms with Gasteiger partial charge in [-0.15, -0.1) is 0 Å². The molecule has 0 saturated carbocycles. The topological polar surface area (TPSA) is 35.2 Å². The molecule has 90 valence electrons. The second-order valence-electron chi connectivity index (χ2n) is 4.33. The predicted molar refractivity (Wildman–Crippen MR) is 62.6 cm³/mol. The maximum atomic E-state index is 13.6. The monoisotopic (exact) mass is 293 g/mol. The first-order valence-electron chi connectivity index (χ1n) is 4.75. The number of hydrogen-bond donors (Lipinski definition) is 1. The Morgan fingerprint density at radius 2 is 2.00 bits per heavy atom. The van der Waals surface area contributed by atoms with Gasteiger partial charge in [0.2, 0.25) is 0 Å². The first-order chi connectivity index (χ1) is 7.26. The van der Waals surface area contributed by atoms with Gasteiger partial charge in [-0.2, -0.15) is 0 Å². The molecule has 5 heteroatoms. The average molecular weight is 294 g/mol. The van der Waals surface area contributed by atoms with Crippen LogP contribution in [0.15, 0.2) is 10.5 Å². The molecule has 1 rings (SSSR count). The summed E-state index contributed by atoms with van der Waals surface area (Å²) < 4.78 is 32.3. The number of hydrogen-bond acceptors (Lipinski definition) is 2. The van der Waals surface area contributed by atoms with Crippen LogP contribution in [0.25, 0.3) is 0 Å². The third-order valence-electron chi connectivity index (χ3n) is 2.06. The molecule has 16 heavy (non-hydrogen) atoms. The van der Waals surface area contributed by atoms with Crippen molar-refractivity contribution < 1.29 is 13.5 Å². The molecular formula is C11H14BrF2NO. The number of ether oxygens (including phenoxy) is 1. The van der Waals surface area contributed by atoms with E-state index in [1.54, 1.807) is 13.8 Å². The fourth-order valence-corrected chi connectivity index (χ4v) is 2.06. The highest BCUT2D eigenvalue weighted by Gasteiger charge is 2.23. The smallest absolute Gasteiger partial charge is 0.165 e. The van der Waals surface area contributed by atoms with Crippen LogP contribution in [0, 0.1) is 11.6 Å². The van der Waals surface area contributed by atoms with E-state index in [9.17, 15) is 8.78 Å². The molecule has 1 aromatic carbocycles. The number of benzene rings is 1. The molecular weight excluding hydrogens is 280 g/mol. The molecule has 0 aliphatic rings.